The SMILES string of the molecule is C=CC(=O)OCCC[Si](CCC)(CCC)OC. The summed E-state index contributed by atoms with van der Waals surface area (Å²) in [5.41, 5.74) is 0. The molecule has 0 amide bonds. The minimum atomic E-state index is -1.57. The van der Waals surface area contributed by atoms with E-state index in [9.17, 15) is 4.79 Å². The highest BCUT2D eigenvalue weighted by molar-refractivity contribution is 6.73. The molecule has 0 aliphatic carbocycles. The predicted molar refractivity (Wildman–Crippen MR) is 73.5 cm³/mol. The fourth-order valence-electron chi connectivity index (χ4n) is 2.22. The van der Waals surface area contributed by atoms with Gasteiger partial charge in [-0.15, -0.1) is 0 Å². The molecule has 0 heterocycles. The lowest BCUT2D eigenvalue weighted by Crippen LogP contribution is -2.36. The van der Waals surface area contributed by atoms with Gasteiger partial charge in [0.2, 0.25) is 0 Å². The molecule has 0 aliphatic rings. The van der Waals surface area contributed by atoms with Gasteiger partial charge >= 0.3 is 5.97 Å². The molecule has 0 radical (unpaired) electrons. The average molecular weight is 258 g/mol. The van der Waals surface area contributed by atoms with Crippen LogP contribution >= 0.6 is 0 Å². The number of hydrogen-bond acceptors (Lipinski definition) is 3. The Kier molecular flexibility index (Phi) is 9.08. The summed E-state index contributed by atoms with van der Waals surface area (Å²) in [5, 5.41) is 0. The van der Waals surface area contributed by atoms with E-state index in [1.165, 1.54) is 31.0 Å². The van der Waals surface area contributed by atoms with Crippen LogP contribution in [-0.2, 0) is 14.0 Å². The number of hydrogen-bond donors (Lipinski definition) is 0. The van der Waals surface area contributed by atoms with Crippen LogP contribution in [0.2, 0.25) is 18.1 Å². The summed E-state index contributed by atoms with van der Waals surface area (Å²) in [6.07, 6.45) is 4.46. The van der Waals surface area contributed by atoms with Crippen molar-refractivity contribution in [2.45, 2.75) is 51.2 Å². The second-order valence-electron chi connectivity index (χ2n) is 4.36. The van der Waals surface area contributed by atoms with E-state index in [0.29, 0.717) is 6.61 Å². The van der Waals surface area contributed by atoms with E-state index in [2.05, 4.69) is 20.4 Å². The third-order valence-electron chi connectivity index (χ3n) is 3.03. The van der Waals surface area contributed by atoms with Crippen LogP contribution in [-0.4, -0.2) is 28.0 Å². The molecule has 0 spiro atoms. The minimum Gasteiger partial charge on any atom is -0.463 e. The maximum absolute atomic E-state index is 10.9. The monoisotopic (exact) mass is 258 g/mol. The summed E-state index contributed by atoms with van der Waals surface area (Å²) >= 11 is 0. The smallest absolute Gasteiger partial charge is 0.330 e. The van der Waals surface area contributed by atoms with Gasteiger partial charge in [0.15, 0.2) is 8.32 Å². The highest BCUT2D eigenvalue weighted by Gasteiger charge is 2.31. The Hall–Kier alpha value is -0.613. The van der Waals surface area contributed by atoms with Gasteiger partial charge < -0.3 is 9.16 Å². The van der Waals surface area contributed by atoms with Gasteiger partial charge in [-0.3, -0.25) is 0 Å². The standard InChI is InChI=1S/C13H26O3Si/c1-5-10-17(15-4,11-6-2)12-8-9-16-13(14)7-3/h7H,3,5-6,8-12H2,1-2,4H3. The van der Waals surface area contributed by atoms with Crippen molar-refractivity contribution in [1.82, 2.24) is 0 Å². The van der Waals surface area contributed by atoms with Gasteiger partial charge in [-0.05, 0) is 24.6 Å². The summed E-state index contributed by atoms with van der Waals surface area (Å²) in [5.74, 6) is -0.333. The van der Waals surface area contributed by atoms with Crippen LogP contribution in [0.25, 0.3) is 0 Å². The van der Waals surface area contributed by atoms with Crippen LogP contribution in [0.1, 0.15) is 33.1 Å². The van der Waals surface area contributed by atoms with Gasteiger partial charge in [-0.2, -0.15) is 0 Å². The maximum atomic E-state index is 10.9. The number of rotatable bonds is 10. The number of carbonyl (C=O) groups is 1. The van der Waals surface area contributed by atoms with Crippen LogP contribution in [0.5, 0.6) is 0 Å². The quantitative estimate of drug-likeness (QED) is 0.260. The number of esters is 1. The summed E-state index contributed by atoms with van der Waals surface area (Å²) in [6.45, 7) is 8.26. The summed E-state index contributed by atoms with van der Waals surface area (Å²) < 4.78 is 10.8. The molecule has 0 aromatic heterocycles. The van der Waals surface area contributed by atoms with E-state index in [1.54, 1.807) is 0 Å². The Morgan fingerprint density at radius 1 is 1.24 bits per heavy atom. The van der Waals surface area contributed by atoms with Gasteiger partial charge in [0.1, 0.15) is 0 Å². The van der Waals surface area contributed by atoms with Gasteiger partial charge in [0.05, 0.1) is 6.61 Å². The van der Waals surface area contributed by atoms with Gasteiger partial charge in [-0.25, -0.2) is 4.79 Å². The van der Waals surface area contributed by atoms with Crippen molar-refractivity contribution in [1.29, 1.82) is 0 Å². The van der Waals surface area contributed by atoms with Crippen LogP contribution in [0.15, 0.2) is 12.7 Å². The molecule has 17 heavy (non-hydrogen) atoms. The van der Waals surface area contributed by atoms with Crippen molar-refractivity contribution in [3.63, 3.8) is 0 Å². The van der Waals surface area contributed by atoms with Gasteiger partial charge in [0, 0.05) is 13.2 Å². The zero-order valence-electron chi connectivity index (χ0n) is 11.5. The fourth-order valence-corrected chi connectivity index (χ4v) is 6.19. The summed E-state index contributed by atoms with van der Waals surface area (Å²) in [4.78, 5) is 10.9. The molecule has 3 nitrogen and oxygen atoms in total. The van der Waals surface area contributed by atoms with Crippen LogP contribution < -0.4 is 0 Å². The van der Waals surface area contributed by atoms with Crippen molar-refractivity contribution in [2.75, 3.05) is 13.7 Å². The molecule has 4 heteroatoms. The van der Waals surface area contributed by atoms with Gasteiger partial charge in [-0.1, -0.05) is 33.3 Å². The first-order valence-electron chi connectivity index (χ1n) is 6.48. The first-order chi connectivity index (χ1) is 8.14. The summed E-state index contributed by atoms with van der Waals surface area (Å²) in [7, 11) is 0.272. The molecule has 0 aliphatic heterocycles. The molecule has 100 valence electrons. The molecule has 0 aromatic rings. The van der Waals surface area contributed by atoms with Crippen LogP contribution in [0.4, 0.5) is 0 Å². The molecule has 0 rings (SSSR count). The van der Waals surface area contributed by atoms with Crippen LogP contribution in [0, 0.1) is 0 Å². The molecular formula is C13H26O3Si. The molecule has 0 atom stereocenters. The summed E-state index contributed by atoms with van der Waals surface area (Å²) in [6, 6.07) is 3.48. The van der Waals surface area contributed by atoms with E-state index in [0.717, 1.165) is 12.5 Å². The zero-order chi connectivity index (χ0) is 13.1. The average Bonchev–Trinajstić information content (AvgIpc) is 2.34. The zero-order valence-corrected chi connectivity index (χ0v) is 12.5. The molecule has 0 fully saturated rings. The lowest BCUT2D eigenvalue weighted by Gasteiger charge is -2.29. The molecule has 0 aromatic carbocycles. The van der Waals surface area contributed by atoms with E-state index in [4.69, 9.17) is 9.16 Å². The molecule has 0 unspecified atom stereocenters. The maximum Gasteiger partial charge on any atom is 0.330 e. The third kappa shape index (κ3) is 6.63. The molecular weight excluding hydrogens is 232 g/mol. The van der Waals surface area contributed by atoms with Crippen molar-refractivity contribution in [3.05, 3.63) is 12.7 Å². The third-order valence-corrected chi connectivity index (χ3v) is 7.99. The second kappa shape index (κ2) is 9.42. The lowest BCUT2D eigenvalue weighted by atomic mass is 10.5. The highest BCUT2D eigenvalue weighted by atomic mass is 28.4. The largest absolute Gasteiger partial charge is 0.463 e. The Morgan fingerprint density at radius 3 is 2.24 bits per heavy atom. The number of ether oxygens (including phenoxy) is 1. The first-order valence-corrected chi connectivity index (χ1v) is 9.01. The fraction of sp³-hybridized carbons (Fsp3) is 0.769. The highest BCUT2D eigenvalue weighted by Crippen LogP contribution is 2.26. The minimum absolute atomic E-state index is 0.333. The Morgan fingerprint density at radius 2 is 1.82 bits per heavy atom. The van der Waals surface area contributed by atoms with Crippen molar-refractivity contribution >= 4 is 14.3 Å². The van der Waals surface area contributed by atoms with Crippen molar-refractivity contribution in [3.8, 4) is 0 Å². The molecule has 0 N–H and O–H groups in total. The lowest BCUT2D eigenvalue weighted by molar-refractivity contribution is -0.137. The second-order valence-corrected chi connectivity index (χ2v) is 8.64. The van der Waals surface area contributed by atoms with E-state index in [1.807, 2.05) is 7.11 Å². The van der Waals surface area contributed by atoms with Crippen LogP contribution in [0.3, 0.4) is 0 Å². The van der Waals surface area contributed by atoms with E-state index < -0.39 is 8.32 Å². The predicted octanol–water partition coefficient (Wildman–Crippen LogP) is 3.52. The van der Waals surface area contributed by atoms with Crippen molar-refractivity contribution in [2.24, 2.45) is 0 Å². The van der Waals surface area contributed by atoms with Crippen molar-refractivity contribution < 1.29 is 14.0 Å². The molecule has 0 bridgehead atoms. The number of carbonyl (C=O) groups excluding carboxylic acids is 1. The van der Waals surface area contributed by atoms with E-state index >= 15 is 0 Å². The molecule has 0 saturated heterocycles. The molecule has 0 saturated carbocycles. The normalized spacial score (nSPS) is 11.2. The topological polar surface area (TPSA) is 35.5 Å². The Labute approximate surface area is 106 Å². The van der Waals surface area contributed by atoms with E-state index in [-0.39, 0.29) is 5.97 Å². The first kappa shape index (κ1) is 16.4. The Balaban J connectivity index is 4.06. The Bertz CT molecular complexity index is 223. The van der Waals surface area contributed by atoms with Gasteiger partial charge in [0.25, 0.3) is 0 Å².